The maximum absolute atomic E-state index is 13.2. The average Bonchev–Trinajstić information content (AvgIpc) is 2.95. The zero-order valence-electron chi connectivity index (χ0n) is 22.0. The average molecular weight is 555 g/mol. The zero-order valence-corrected chi connectivity index (χ0v) is 23.5. The lowest BCUT2D eigenvalue weighted by molar-refractivity contribution is -0.112. The minimum absolute atomic E-state index is 0.143. The van der Waals surface area contributed by atoms with Gasteiger partial charge in [-0.15, -0.1) is 23.4 Å². The molecule has 2 aromatic carbocycles. The van der Waals surface area contributed by atoms with Crippen LogP contribution in [0.5, 0.6) is 0 Å². The number of anilines is 1. The Balaban J connectivity index is 1.60. The van der Waals surface area contributed by atoms with Gasteiger partial charge >= 0.3 is 0 Å². The van der Waals surface area contributed by atoms with E-state index in [1.807, 2.05) is 24.3 Å². The first kappa shape index (κ1) is 29.5. The van der Waals surface area contributed by atoms with Crippen LogP contribution < -0.4 is 5.32 Å². The van der Waals surface area contributed by atoms with E-state index >= 15 is 0 Å². The lowest BCUT2D eigenvalue weighted by Crippen LogP contribution is -2.36. The number of nitrogens with one attached hydrogen (secondary N) is 2. The number of halogens is 1. The second-order valence-electron chi connectivity index (χ2n) is 9.21. The van der Waals surface area contributed by atoms with Crippen LogP contribution in [0.2, 0.25) is 0 Å². The van der Waals surface area contributed by atoms with Crippen LogP contribution in [-0.2, 0) is 17.6 Å². The predicted molar refractivity (Wildman–Crippen MR) is 156 cm³/mol. The van der Waals surface area contributed by atoms with Crippen molar-refractivity contribution in [2.75, 3.05) is 37.2 Å². The van der Waals surface area contributed by atoms with Crippen molar-refractivity contribution in [3.63, 3.8) is 0 Å². The van der Waals surface area contributed by atoms with Crippen molar-refractivity contribution in [3.05, 3.63) is 75.7 Å². The summed E-state index contributed by atoms with van der Waals surface area (Å²) >= 11 is 6.92. The van der Waals surface area contributed by atoms with Crippen molar-refractivity contribution in [2.45, 2.75) is 39.0 Å². The number of carbonyl (C=O) groups excluding carboxylic acids is 3. The summed E-state index contributed by atoms with van der Waals surface area (Å²) in [6.07, 6.45) is 7.09. The molecule has 202 valence electrons. The summed E-state index contributed by atoms with van der Waals surface area (Å²) in [6.45, 7) is 4.15. The maximum atomic E-state index is 13.2. The number of thioether (sulfide) groups is 1. The molecule has 7 nitrogen and oxygen atoms in total. The van der Waals surface area contributed by atoms with Gasteiger partial charge in [0, 0.05) is 33.1 Å². The Morgan fingerprint density at radius 2 is 1.79 bits per heavy atom. The van der Waals surface area contributed by atoms with Gasteiger partial charge in [0.1, 0.15) is 5.84 Å². The Kier molecular flexibility index (Phi) is 11.4. The second kappa shape index (κ2) is 14.7. The fourth-order valence-electron chi connectivity index (χ4n) is 4.41. The summed E-state index contributed by atoms with van der Waals surface area (Å²) in [6, 6.07) is 13.0. The van der Waals surface area contributed by atoms with Gasteiger partial charge in [-0.2, -0.15) is 0 Å². The van der Waals surface area contributed by atoms with Crippen LogP contribution in [0.25, 0.3) is 0 Å². The number of amides is 2. The van der Waals surface area contributed by atoms with Crippen LogP contribution in [-0.4, -0.2) is 65.6 Å². The third-order valence-corrected chi connectivity index (χ3v) is 7.78. The number of carbonyl (C=O) groups is 3. The van der Waals surface area contributed by atoms with E-state index in [0.717, 1.165) is 37.1 Å². The zero-order chi connectivity index (χ0) is 27.5. The molecule has 0 radical (unpaired) electrons. The van der Waals surface area contributed by atoms with E-state index in [0.29, 0.717) is 36.4 Å². The molecule has 1 aliphatic rings. The summed E-state index contributed by atoms with van der Waals surface area (Å²) in [5.74, 6) is -0.00294. The van der Waals surface area contributed by atoms with E-state index < -0.39 is 0 Å². The van der Waals surface area contributed by atoms with E-state index in [1.54, 1.807) is 43.1 Å². The number of hydrogen-bond donors (Lipinski definition) is 2. The first-order valence-corrected chi connectivity index (χ1v) is 14.3. The number of likely N-dealkylation sites (N-methyl/N-ethyl adjacent to an activating group) is 1. The maximum Gasteiger partial charge on any atom is 0.261 e. The molecular formula is C29H35ClN4O3S. The van der Waals surface area contributed by atoms with Gasteiger partial charge in [-0.25, -0.2) is 0 Å². The highest BCUT2D eigenvalue weighted by Crippen LogP contribution is 2.23. The van der Waals surface area contributed by atoms with Crippen molar-refractivity contribution in [3.8, 4) is 0 Å². The number of benzene rings is 2. The molecule has 0 aliphatic carbocycles. The lowest BCUT2D eigenvalue weighted by Gasteiger charge is -2.29. The van der Waals surface area contributed by atoms with E-state index in [9.17, 15) is 14.4 Å². The normalized spacial score (nSPS) is 13.7. The van der Waals surface area contributed by atoms with Gasteiger partial charge in [0.15, 0.2) is 6.29 Å². The molecule has 9 heteroatoms. The van der Waals surface area contributed by atoms with Gasteiger partial charge in [-0.05, 0) is 55.9 Å². The SMILES string of the molecule is C/C=C(\SCCl)C(=O)Nc1cccc(C(=O)N(C)CCc2ccc(CC(=N)N3CCCCC3)cc2)c1C=O. The van der Waals surface area contributed by atoms with Crippen molar-refractivity contribution < 1.29 is 14.4 Å². The number of amidine groups is 1. The third kappa shape index (κ3) is 7.95. The molecule has 38 heavy (non-hydrogen) atoms. The van der Waals surface area contributed by atoms with Crippen molar-refractivity contribution >= 4 is 53.0 Å². The minimum atomic E-state index is -0.381. The highest BCUT2D eigenvalue weighted by atomic mass is 35.5. The number of allylic oxidation sites excluding steroid dienone is 1. The fourth-order valence-corrected chi connectivity index (χ4v) is 5.23. The molecule has 2 amide bonds. The number of rotatable bonds is 11. The molecule has 0 aromatic heterocycles. The molecule has 1 saturated heterocycles. The molecule has 1 aliphatic heterocycles. The molecule has 0 spiro atoms. The van der Waals surface area contributed by atoms with Crippen molar-refractivity contribution in [1.29, 1.82) is 5.41 Å². The number of likely N-dealkylation sites (tertiary alicyclic amines) is 1. The third-order valence-electron chi connectivity index (χ3n) is 6.61. The van der Waals surface area contributed by atoms with E-state index in [4.69, 9.17) is 17.0 Å². The smallest absolute Gasteiger partial charge is 0.261 e. The van der Waals surface area contributed by atoms with Crippen LogP contribution in [0.3, 0.4) is 0 Å². The molecule has 0 atom stereocenters. The van der Waals surface area contributed by atoms with Crippen molar-refractivity contribution in [2.24, 2.45) is 0 Å². The van der Waals surface area contributed by atoms with E-state index in [-0.39, 0.29) is 33.8 Å². The standard InChI is InChI=1S/C29H35ClN4O3S/c1-3-26(38-20-30)28(36)32-25-9-7-8-23(24(25)19-35)29(37)33(2)17-14-21-10-12-22(13-11-21)18-27(31)34-15-5-4-6-16-34/h3,7-13,19,31H,4-6,14-18,20H2,1-2H3,(H,32,36)/b26-3-,31-27?. The largest absolute Gasteiger partial charge is 0.360 e. The second-order valence-corrected chi connectivity index (χ2v) is 10.8. The Morgan fingerprint density at radius 1 is 1.11 bits per heavy atom. The molecular weight excluding hydrogens is 520 g/mol. The highest BCUT2D eigenvalue weighted by molar-refractivity contribution is 8.05. The number of alkyl halides is 1. The Labute approximate surface area is 234 Å². The molecule has 2 aromatic rings. The van der Waals surface area contributed by atoms with Crippen LogP contribution in [0.1, 0.15) is 58.0 Å². The molecule has 1 heterocycles. The van der Waals surface area contributed by atoms with Crippen LogP contribution in [0.4, 0.5) is 5.69 Å². The summed E-state index contributed by atoms with van der Waals surface area (Å²) < 4.78 is 0. The van der Waals surface area contributed by atoms with Crippen molar-refractivity contribution in [1.82, 2.24) is 9.80 Å². The lowest BCUT2D eigenvalue weighted by atomic mass is 10.0. The van der Waals surface area contributed by atoms with E-state index in [2.05, 4.69) is 10.2 Å². The fraction of sp³-hybridized carbons (Fsp3) is 0.379. The number of nitrogens with zero attached hydrogens (tertiary/aromatic N) is 2. The van der Waals surface area contributed by atoms with Gasteiger partial charge in [-0.1, -0.05) is 36.4 Å². The van der Waals surface area contributed by atoms with Gasteiger partial charge in [0.25, 0.3) is 11.8 Å². The number of aldehydes is 1. The first-order valence-electron chi connectivity index (χ1n) is 12.8. The number of hydrogen-bond acceptors (Lipinski definition) is 5. The Morgan fingerprint density at radius 3 is 2.42 bits per heavy atom. The molecule has 3 rings (SSSR count). The highest BCUT2D eigenvalue weighted by Gasteiger charge is 2.20. The summed E-state index contributed by atoms with van der Waals surface area (Å²) in [5, 5.41) is 11.3. The first-order chi connectivity index (χ1) is 18.4. The monoisotopic (exact) mass is 554 g/mol. The van der Waals surface area contributed by atoms with Gasteiger partial charge in [0.2, 0.25) is 0 Å². The topological polar surface area (TPSA) is 93.6 Å². The van der Waals surface area contributed by atoms with Crippen LogP contribution in [0, 0.1) is 5.41 Å². The van der Waals surface area contributed by atoms with Gasteiger partial charge in [-0.3, -0.25) is 19.8 Å². The van der Waals surface area contributed by atoms with E-state index in [1.165, 1.54) is 18.2 Å². The minimum Gasteiger partial charge on any atom is -0.360 e. The van der Waals surface area contributed by atoms with Crippen LogP contribution in [0.15, 0.2) is 53.4 Å². The Bertz CT molecular complexity index is 1180. The number of piperidine rings is 1. The predicted octanol–water partition coefficient (Wildman–Crippen LogP) is 5.59. The summed E-state index contributed by atoms with van der Waals surface area (Å²) in [4.78, 5) is 41.9. The van der Waals surface area contributed by atoms with Gasteiger partial charge in [0.05, 0.1) is 26.9 Å². The summed E-state index contributed by atoms with van der Waals surface area (Å²) in [5.41, 5.74) is 2.85. The van der Waals surface area contributed by atoms with Crippen LogP contribution >= 0.6 is 23.4 Å². The molecule has 1 fully saturated rings. The van der Waals surface area contributed by atoms with Gasteiger partial charge < -0.3 is 15.1 Å². The quantitative estimate of drug-likeness (QED) is 0.124. The molecule has 0 saturated carbocycles. The summed E-state index contributed by atoms with van der Waals surface area (Å²) in [7, 11) is 1.70. The Hall–Kier alpha value is -3.10. The molecule has 2 N–H and O–H groups in total. The molecule has 0 bridgehead atoms. The molecule has 0 unspecified atom stereocenters.